The van der Waals surface area contributed by atoms with Crippen LogP contribution in [-0.4, -0.2) is 24.7 Å². The van der Waals surface area contributed by atoms with Crippen molar-refractivity contribution in [3.8, 4) is 17.0 Å². The van der Waals surface area contributed by atoms with Crippen molar-refractivity contribution in [2.75, 3.05) is 23.9 Å². The van der Waals surface area contributed by atoms with Gasteiger partial charge in [0.15, 0.2) is 5.13 Å². The molecule has 0 unspecified atom stereocenters. The van der Waals surface area contributed by atoms with Gasteiger partial charge in [-0.3, -0.25) is 4.90 Å². The van der Waals surface area contributed by atoms with E-state index < -0.39 is 0 Å². The van der Waals surface area contributed by atoms with E-state index in [1.807, 2.05) is 48.7 Å². The van der Waals surface area contributed by atoms with Gasteiger partial charge in [0.2, 0.25) is 0 Å². The number of hydrogen-bond acceptors (Lipinski definition) is 4. The molecule has 2 amide bonds. The number of anilines is 2. The third kappa shape index (κ3) is 4.05. The molecule has 0 spiro atoms. The lowest BCUT2D eigenvalue weighted by atomic mass is 10.2. The highest BCUT2D eigenvalue weighted by Crippen LogP contribution is 2.29. The highest BCUT2D eigenvalue weighted by atomic mass is 79.9. The van der Waals surface area contributed by atoms with Crippen molar-refractivity contribution in [1.29, 1.82) is 0 Å². The molecule has 1 aromatic heterocycles. The van der Waals surface area contributed by atoms with E-state index in [2.05, 4.69) is 26.2 Å². The number of para-hydroxylation sites is 2. The normalized spacial score (nSPS) is 10.4. The van der Waals surface area contributed by atoms with E-state index in [0.29, 0.717) is 23.1 Å². The number of thiazole rings is 1. The molecular weight excluding hydrogens is 414 g/mol. The number of nitrogens with one attached hydrogen (secondary N) is 1. The van der Waals surface area contributed by atoms with Crippen molar-refractivity contribution in [3.63, 3.8) is 0 Å². The van der Waals surface area contributed by atoms with Crippen LogP contribution in [0.15, 0.2) is 58.4 Å². The van der Waals surface area contributed by atoms with Gasteiger partial charge in [0.25, 0.3) is 0 Å². The Morgan fingerprint density at radius 1 is 1.23 bits per heavy atom. The fourth-order valence-corrected chi connectivity index (χ4v) is 3.60. The standard InChI is InChI=1S/C19H18BrN3O2S/c1-3-23(18(24)21-15-6-4-5-7-17(15)25-2)19-22-16(12-26-19)13-8-10-14(20)11-9-13/h4-12H,3H2,1-2H3,(H,21,24). The first-order valence-corrected chi connectivity index (χ1v) is 9.72. The van der Waals surface area contributed by atoms with E-state index in [9.17, 15) is 4.79 Å². The van der Waals surface area contributed by atoms with Crippen LogP contribution in [0.1, 0.15) is 6.92 Å². The van der Waals surface area contributed by atoms with Crippen LogP contribution in [-0.2, 0) is 0 Å². The van der Waals surface area contributed by atoms with Crippen LogP contribution in [0.2, 0.25) is 0 Å². The smallest absolute Gasteiger partial charge is 0.328 e. The molecule has 0 atom stereocenters. The average Bonchev–Trinajstić information content (AvgIpc) is 3.13. The number of benzene rings is 2. The van der Waals surface area contributed by atoms with Crippen molar-refractivity contribution >= 4 is 44.1 Å². The predicted molar refractivity (Wildman–Crippen MR) is 110 cm³/mol. The molecule has 0 fully saturated rings. The minimum Gasteiger partial charge on any atom is -0.495 e. The molecule has 0 aliphatic rings. The van der Waals surface area contributed by atoms with Crippen LogP contribution in [0, 0.1) is 0 Å². The van der Waals surface area contributed by atoms with Gasteiger partial charge in [0.05, 0.1) is 18.5 Å². The van der Waals surface area contributed by atoms with Gasteiger partial charge in [0.1, 0.15) is 5.75 Å². The van der Waals surface area contributed by atoms with Crippen LogP contribution in [0.25, 0.3) is 11.3 Å². The Kier molecular flexibility index (Phi) is 5.90. The van der Waals surface area contributed by atoms with Gasteiger partial charge in [-0.1, -0.05) is 40.2 Å². The van der Waals surface area contributed by atoms with Crippen LogP contribution < -0.4 is 15.0 Å². The summed E-state index contributed by atoms with van der Waals surface area (Å²) in [7, 11) is 1.58. The van der Waals surface area contributed by atoms with Crippen molar-refractivity contribution in [1.82, 2.24) is 4.98 Å². The van der Waals surface area contributed by atoms with Crippen molar-refractivity contribution in [3.05, 3.63) is 58.4 Å². The minimum atomic E-state index is -0.242. The molecule has 0 saturated heterocycles. The molecule has 0 radical (unpaired) electrons. The van der Waals surface area contributed by atoms with Crippen molar-refractivity contribution < 1.29 is 9.53 Å². The number of urea groups is 1. The number of ether oxygens (including phenoxy) is 1. The summed E-state index contributed by atoms with van der Waals surface area (Å²) in [4.78, 5) is 19.0. The molecule has 7 heteroatoms. The Morgan fingerprint density at radius 2 is 1.96 bits per heavy atom. The van der Waals surface area contributed by atoms with Crippen molar-refractivity contribution in [2.24, 2.45) is 0 Å². The summed E-state index contributed by atoms with van der Waals surface area (Å²) < 4.78 is 6.30. The van der Waals surface area contributed by atoms with Gasteiger partial charge >= 0.3 is 6.03 Å². The number of halogens is 1. The number of rotatable bonds is 5. The number of carbonyl (C=O) groups excluding carboxylic acids is 1. The lowest BCUT2D eigenvalue weighted by Gasteiger charge is -2.19. The zero-order valence-electron chi connectivity index (χ0n) is 14.4. The number of methoxy groups -OCH3 is 1. The Bertz CT molecular complexity index is 896. The first-order chi connectivity index (χ1) is 12.6. The Morgan fingerprint density at radius 3 is 2.65 bits per heavy atom. The maximum atomic E-state index is 12.7. The predicted octanol–water partition coefficient (Wildman–Crippen LogP) is 5.64. The van der Waals surface area contributed by atoms with Gasteiger partial charge in [0, 0.05) is 22.0 Å². The van der Waals surface area contributed by atoms with Gasteiger partial charge in [-0.25, -0.2) is 9.78 Å². The summed E-state index contributed by atoms with van der Waals surface area (Å²) in [6, 6.07) is 15.0. The van der Waals surface area contributed by atoms with E-state index in [0.717, 1.165) is 15.7 Å². The number of nitrogens with zero attached hydrogens (tertiary/aromatic N) is 2. The fraction of sp³-hybridized carbons (Fsp3) is 0.158. The van der Waals surface area contributed by atoms with E-state index in [-0.39, 0.29) is 6.03 Å². The monoisotopic (exact) mass is 431 g/mol. The summed E-state index contributed by atoms with van der Waals surface area (Å²) >= 11 is 4.87. The maximum Gasteiger partial charge on any atom is 0.328 e. The molecule has 26 heavy (non-hydrogen) atoms. The number of amides is 2. The van der Waals surface area contributed by atoms with Crippen LogP contribution >= 0.6 is 27.3 Å². The van der Waals surface area contributed by atoms with Crippen LogP contribution in [0.3, 0.4) is 0 Å². The summed E-state index contributed by atoms with van der Waals surface area (Å²) in [5, 5.41) is 5.50. The number of aromatic nitrogens is 1. The summed E-state index contributed by atoms with van der Waals surface area (Å²) in [5.74, 6) is 0.617. The first-order valence-electron chi connectivity index (χ1n) is 8.05. The Balaban J connectivity index is 1.80. The molecule has 3 aromatic rings. The SMILES string of the molecule is CCN(C(=O)Nc1ccccc1OC)c1nc(-c2ccc(Br)cc2)cs1. The maximum absolute atomic E-state index is 12.7. The van der Waals surface area contributed by atoms with Gasteiger partial charge < -0.3 is 10.1 Å². The topological polar surface area (TPSA) is 54.5 Å². The third-order valence-electron chi connectivity index (χ3n) is 3.77. The molecule has 0 bridgehead atoms. The zero-order valence-corrected chi connectivity index (χ0v) is 16.8. The lowest BCUT2D eigenvalue weighted by Crippen LogP contribution is -2.34. The average molecular weight is 432 g/mol. The molecule has 134 valence electrons. The second-order valence-corrected chi connectivity index (χ2v) is 7.15. The summed E-state index contributed by atoms with van der Waals surface area (Å²) in [6.07, 6.45) is 0. The quantitative estimate of drug-likeness (QED) is 0.568. The molecule has 3 rings (SSSR count). The Hall–Kier alpha value is -2.38. The highest BCUT2D eigenvalue weighted by Gasteiger charge is 2.19. The Labute approximate surface area is 164 Å². The van der Waals surface area contributed by atoms with Gasteiger partial charge in [-0.05, 0) is 31.2 Å². The van der Waals surface area contributed by atoms with Gasteiger partial charge in [-0.2, -0.15) is 0 Å². The molecule has 5 nitrogen and oxygen atoms in total. The molecule has 0 aliphatic heterocycles. The molecule has 0 aliphatic carbocycles. The summed E-state index contributed by atoms with van der Waals surface area (Å²) in [6.45, 7) is 2.43. The second-order valence-electron chi connectivity index (χ2n) is 5.40. The molecule has 1 heterocycles. The molecule has 1 N–H and O–H groups in total. The second kappa shape index (κ2) is 8.33. The fourth-order valence-electron chi connectivity index (χ4n) is 2.44. The minimum absolute atomic E-state index is 0.242. The largest absolute Gasteiger partial charge is 0.495 e. The number of carbonyl (C=O) groups is 1. The molecule has 2 aromatic carbocycles. The summed E-state index contributed by atoms with van der Waals surface area (Å²) in [5.41, 5.74) is 2.49. The third-order valence-corrected chi connectivity index (χ3v) is 5.17. The van der Waals surface area contributed by atoms with Gasteiger partial charge in [-0.15, -0.1) is 11.3 Å². The molecule has 0 saturated carbocycles. The lowest BCUT2D eigenvalue weighted by molar-refractivity contribution is 0.257. The van der Waals surface area contributed by atoms with Crippen molar-refractivity contribution in [2.45, 2.75) is 6.92 Å². The zero-order chi connectivity index (χ0) is 18.5. The highest BCUT2D eigenvalue weighted by molar-refractivity contribution is 9.10. The van der Waals surface area contributed by atoms with E-state index in [1.165, 1.54) is 11.3 Å². The van der Waals surface area contributed by atoms with Crippen LogP contribution in [0.4, 0.5) is 15.6 Å². The first kappa shape index (κ1) is 18.4. The van der Waals surface area contributed by atoms with E-state index in [1.54, 1.807) is 24.1 Å². The van der Waals surface area contributed by atoms with E-state index >= 15 is 0 Å². The molecular formula is C19H18BrN3O2S. The van der Waals surface area contributed by atoms with E-state index in [4.69, 9.17) is 4.74 Å². The van der Waals surface area contributed by atoms with Crippen LogP contribution in [0.5, 0.6) is 5.75 Å². The number of hydrogen-bond donors (Lipinski definition) is 1.